The van der Waals surface area contributed by atoms with Gasteiger partial charge in [0.25, 0.3) is 5.91 Å². The summed E-state index contributed by atoms with van der Waals surface area (Å²) < 4.78 is 18.6. The average Bonchev–Trinajstić information content (AvgIpc) is 2.68. The smallest absolute Gasteiger partial charge is 0.341 e. The molecule has 1 amide bonds. The van der Waals surface area contributed by atoms with Crippen LogP contribution in [0.15, 0.2) is 42.5 Å². The van der Waals surface area contributed by atoms with Crippen LogP contribution < -0.4 is 4.90 Å². The van der Waals surface area contributed by atoms with Gasteiger partial charge in [-0.3, -0.25) is 4.79 Å². The lowest BCUT2D eigenvalue weighted by Crippen LogP contribution is -2.49. The number of carbonyl (C=O) groups excluding carboxylic acids is 2. The van der Waals surface area contributed by atoms with E-state index in [4.69, 9.17) is 27.9 Å². The molecule has 0 atom stereocenters. The van der Waals surface area contributed by atoms with E-state index >= 15 is 0 Å². The van der Waals surface area contributed by atoms with Crippen molar-refractivity contribution < 1.29 is 18.7 Å². The summed E-state index contributed by atoms with van der Waals surface area (Å²) in [5.74, 6) is -1.98. The summed E-state index contributed by atoms with van der Waals surface area (Å²) in [7, 11) is 0. The van der Waals surface area contributed by atoms with Crippen LogP contribution in [0.25, 0.3) is 0 Å². The highest BCUT2D eigenvalue weighted by molar-refractivity contribution is 6.31. The third-order valence-corrected chi connectivity index (χ3v) is 4.75. The molecule has 0 N–H and O–H groups in total. The molecule has 1 fully saturated rings. The minimum Gasteiger partial charge on any atom is -0.452 e. The number of rotatable bonds is 4. The lowest BCUT2D eigenvalue weighted by molar-refractivity contribution is -0.134. The van der Waals surface area contributed by atoms with Gasteiger partial charge in [0.05, 0.1) is 5.56 Å². The van der Waals surface area contributed by atoms with Gasteiger partial charge in [-0.2, -0.15) is 0 Å². The molecule has 0 aromatic heterocycles. The molecule has 27 heavy (non-hydrogen) atoms. The molecule has 1 saturated heterocycles. The van der Waals surface area contributed by atoms with Crippen molar-refractivity contribution in [2.24, 2.45) is 0 Å². The molecule has 1 aliphatic heterocycles. The molecule has 1 heterocycles. The van der Waals surface area contributed by atoms with Gasteiger partial charge in [-0.05, 0) is 36.4 Å². The van der Waals surface area contributed by atoms with E-state index in [1.54, 1.807) is 4.90 Å². The molecule has 142 valence electrons. The zero-order valence-electron chi connectivity index (χ0n) is 14.3. The van der Waals surface area contributed by atoms with E-state index in [2.05, 4.69) is 4.90 Å². The number of piperazine rings is 1. The fourth-order valence-corrected chi connectivity index (χ4v) is 3.19. The first kappa shape index (κ1) is 19.5. The van der Waals surface area contributed by atoms with E-state index in [1.165, 1.54) is 12.1 Å². The largest absolute Gasteiger partial charge is 0.452 e. The van der Waals surface area contributed by atoms with Crippen LogP contribution in [0.1, 0.15) is 10.4 Å². The topological polar surface area (TPSA) is 49.9 Å². The molecule has 0 bridgehead atoms. The maximum absolute atomic E-state index is 13.7. The molecule has 1 aliphatic rings. The molecular formula is C19H17Cl2FN2O3. The Hall–Kier alpha value is -2.31. The van der Waals surface area contributed by atoms with Crippen molar-refractivity contribution in [1.29, 1.82) is 0 Å². The second kappa shape index (κ2) is 8.59. The van der Waals surface area contributed by atoms with Gasteiger partial charge in [-0.15, -0.1) is 0 Å². The Morgan fingerprint density at radius 3 is 2.41 bits per heavy atom. The number of carbonyl (C=O) groups is 2. The minimum absolute atomic E-state index is 0.215. The van der Waals surface area contributed by atoms with Crippen LogP contribution in [0.5, 0.6) is 0 Å². The monoisotopic (exact) mass is 410 g/mol. The van der Waals surface area contributed by atoms with Gasteiger partial charge in [-0.1, -0.05) is 29.3 Å². The van der Waals surface area contributed by atoms with Crippen LogP contribution in [0.3, 0.4) is 0 Å². The average molecular weight is 411 g/mol. The first-order valence-electron chi connectivity index (χ1n) is 8.34. The fraction of sp³-hybridized carbons (Fsp3) is 0.263. The lowest BCUT2D eigenvalue weighted by Gasteiger charge is -2.36. The second-order valence-electron chi connectivity index (χ2n) is 6.05. The Bertz CT molecular complexity index is 855. The first-order chi connectivity index (χ1) is 12.9. The quantitative estimate of drug-likeness (QED) is 0.721. The lowest BCUT2D eigenvalue weighted by atomic mass is 10.2. The number of halogens is 3. The number of ether oxygens (including phenoxy) is 1. The zero-order chi connectivity index (χ0) is 19.4. The Balaban J connectivity index is 1.51. The van der Waals surface area contributed by atoms with Gasteiger partial charge >= 0.3 is 5.97 Å². The van der Waals surface area contributed by atoms with Crippen LogP contribution >= 0.6 is 23.2 Å². The Morgan fingerprint density at radius 2 is 1.70 bits per heavy atom. The Labute approximate surface area is 166 Å². The summed E-state index contributed by atoms with van der Waals surface area (Å²) in [6.07, 6.45) is 0. The van der Waals surface area contributed by atoms with Crippen molar-refractivity contribution >= 4 is 40.8 Å². The number of esters is 1. The molecule has 8 heteroatoms. The van der Waals surface area contributed by atoms with E-state index in [1.807, 2.05) is 24.3 Å². The Kier molecular flexibility index (Phi) is 6.19. The van der Waals surface area contributed by atoms with Gasteiger partial charge in [0.1, 0.15) is 5.82 Å². The van der Waals surface area contributed by atoms with Gasteiger partial charge in [0.2, 0.25) is 0 Å². The second-order valence-corrected chi connectivity index (χ2v) is 6.92. The summed E-state index contributed by atoms with van der Waals surface area (Å²) in [6.45, 7) is 1.83. The number of benzene rings is 2. The molecule has 0 radical (unpaired) electrons. The molecule has 2 aromatic carbocycles. The predicted octanol–water partition coefficient (Wildman–Crippen LogP) is 3.64. The highest BCUT2D eigenvalue weighted by Gasteiger charge is 2.23. The number of hydrogen-bond donors (Lipinski definition) is 0. The number of nitrogens with zero attached hydrogens (tertiary/aromatic N) is 2. The fourth-order valence-electron chi connectivity index (χ4n) is 2.84. The maximum Gasteiger partial charge on any atom is 0.341 e. The van der Waals surface area contributed by atoms with Gasteiger partial charge in [0, 0.05) is 41.9 Å². The Morgan fingerprint density at radius 1 is 1.00 bits per heavy atom. The minimum atomic E-state index is -0.916. The maximum atomic E-state index is 13.7. The van der Waals surface area contributed by atoms with E-state index in [-0.39, 0.29) is 16.5 Å². The molecule has 0 unspecified atom stereocenters. The molecule has 2 aromatic rings. The summed E-state index contributed by atoms with van der Waals surface area (Å²) in [5, 5.41) is 0.873. The predicted molar refractivity (Wildman–Crippen MR) is 102 cm³/mol. The molecule has 3 rings (SSSR count). The normalized spacial score (nSPS) is 14.2. The summed E-state index contributed by atoms with van der Waals surface area (Å²) in [4.78, 5) is 28.0. The van der Waals surface area contributed by atoms with Crippen molar-refractivity contribution in [2.45, 2.75) is 0 Å². The molecule has 5 nitrogen and oxygen atoms in total. The SMILES string of the molecule is O=C(OCC(=O)N1CCN(c2cccc(Cl)c2)CC1)c1cc(Cl)ccc1F. The van der Waals surface area contributed by atoms with Crippen molar-refractivity contribution in [3.63, 3.8) is 0 Å². The van der Waals surface area contributed by atoms with Gasteiger partial charge in [-0.25, -0.2) is 9.18 Å². The summed E-state index contributed by atoms with van der Waals surface area (Å²) in [5.41, 5.74) is 0.707. The molecule has 0 spiro atoms. The zero-order valence-corrected chi connectivity index (χ0v) is 15.8. The molecule has 0 aliphatic carbocycles. The van der Waals surface area contributed by atoms with Crippen molar-refractivity contribution in [3.05, 3.63) is 63.9 Å². The van der Waals surface area contributed by atoms with Crippen LogP contribution in [-0.4, -0.2) is 49.6 Å². The highest BCUT2D eigenvalue weighted by atomic mass is 35.5. The van der Waals surface area contributed by atoms with Crippen LogP contribution in [0.2, 0.25) is 10.0 Å². The van der Waals surface area contributed by atoms with Crippen molar-refractivity contribution in [2.75, 3.05) is 37.7 Å². The third kappa shape index (κ3) is 4.90. The first-order valence-corrected chi connectivity index (χ1v) is 9.10. The van der Waals surface area contributed by atoms with Gasteiger partial charge in [0.15, 0.2) is 6.61 Å². The highest BCUT2D eigenvalue weighted by Crippen LogP contribution is 2.21. The summed E-state index contributed by atoms with van der Waals surface area (Å²) in [6, 6.07) is 11.1. The molecular weight excluding hydrogens is 394 g/mol. The van der Waals surface area contributed by atoms with Crippen molar-refractivity contribution in [3.8, 4) is 0 Å². The van der Waals surface area contributed by atoms with Crippen LogP contribution in [0, 0.1) is 5.82 Å². The number of hydrogen-bond acceptors (Lipinski definition) is 4. The van der Waals surface area contributed by atoms with Crippen molar-refractivity contribution in [1.82, 2.24) is 4.90 Å². The van der Waals surface area contributed by atoms with Crippen LogP contribution in [0.4, 0.5) is 10.1 Å². The van der Waals surface area contributed by atoms with Gasteiger partial charge < -0.3 is 14.5 Å². The number of anilines is 1. The standard InChI is InChI=1S/C19H17Cl2FN2O3/c20-13-2-1-3-15(10-13)23-6-8-24(9-7-23)18(25)12-27-19(26)16-11-14(21)4-5-17(16)22/h1-5,10-11H,6-9,12H2. The van der Waals surface area contributed by atoms with E-state index < -0.39 is 18.4 Å². The van der Waals surface area contributed by atoms with Crippen LogP contribution in [-0.2, 0) is 9.53 Å². The van der Waals surface area contributed by atoms with E-state index in [9.17, 15) is 14.0 Å². The third-order valence-electron chi connectivity index (χ3n) is 4.28. The molecule has 0 saturated carbocycles. The number of amides is 1. The summed E-state index contributed by atoms with van der Waals surface area (Å²) >= 11 is 11.8. The van der Waals surface area contributed by atoms with E-state index in [0.29, 0.717) is 31.2 Å². The van der Waals surface area contributed by atoms with E-state index in [0.717, 1.165) is 11.8 Å².